The van der Waals surface area contributed by atoms with Gasteiger partial charge in [0.2, 0.25) is 0 Å². The van der Waals surface area contributed by atoms with Crippen molar-refractivity contribution in [1.29, 1.82) is 0 Å². The van der Waals surface area contributed by atoms with E-state index < -0.39 is 5.97 Å². The SMILES string of the molecule is O=C(O)/C=C\C=C\C1CC1. The molecule has 0 aromatic rings. The molecule has 0 heterocycles. The summed E-state index contributed by atoms with van der Waals surface area (Å²) in [5, 5.41) is 8.17. The second kappa shape index (κ2) is 3.20. The maximum atomic E-state index is 9.94. The van der Waals surface area contributed by atoms with Crippen LogP contribution in [-0.2, 0) is 4.79 Å². The highest BCUT2D eigenvalue weighted by atomic mass is 16.4. The minimum absolute atomic E-state index is 0.721. The Balaban J connectivity index is 2.18. The molecule has 54 valence electrons. The van der Waals surface area contributed by atoms with Gasteiger partial charge in [0.05, 0.1) is 0 Å². The Hall–Kier alpha value is -1.05. The van der Waals surface area contributed by atoms with Crippen LogP contribution < -0.4 is 0 Å². The van der Waals surface area contributed by atoms with Gasteiger partial charge in [-0.1, -0.05) is 18.2 Å². The number of allylic oxidation sites excluding steroid dienone is 3. The van der Waals surface area contributed by atoms with Crippen molar-refractivity contribution in [1.82, 2.24) is 0 Å². The highest BCUT2D eigenvalue weighted by Crippen LogP contribution is 2.29. The standard InChI is InChI=1S/C8H10O2/c9-8(10)4-2-1-3-7-5-6-7/h1-4,7H,5-6H2,(H,9,10)/b3-1+,4-2-. The largest absolute Gasteiger partial charge is 0.478 e. The minimum Gasteiger partial charge on any atom is -0.478 e. The second-order valence-electron chi connectivity index (χ2n) is 2.42. The summed E-state index contributed by atoms with van der Waals surface area (Å²) in [5.41, 5.74) is 0. The van der Waals surface area contributed by atoms with Crippen molar-refractivity contribution in [3.63, 3.8) is 0 Å². The predicted molar refractivity (Wildman–Crippen MR) is 38.6 cm³/mol. The van der Waals surface area contributed by atoms with Crippen LogP contribution in [0.25, 0.3) is 0 Å². The summed E-state index contributed by atoms with van der Waals surface area (Å²) in [6, 6.07) is 0. The average Bonchev–Trinajstić information content (AvgIpc) is 2.62. The average molecular weight is 138 g/mol. The number of carboxylic acid groups (broad SMARTS) is 1. The van der Waals surface area contributed by atoms with Gasteiger partial charge < -0.3 is 5.11 Å². The van der Waals surface area contributed by atoms with Crippen molar-refractivity contribution in [2.75, 3.05) is 0 Å². The molecule has 0 bridgehead atoms. The fraction of sp³-hybridized carbons (Fsp3) is 0.375. The van der Waals surface area contributed by atoms with Crippen LogP contribution in [0.5, 0.6) is 0 Å². The first kappa shape index (κ1) is 7.06. The number of rotatable bonds is 3. The molecule has 1 rings (SSSR count). The van der Waals surface area contributed by atoms with Crippen LogP contribution in [0.3, 0.4) is 0 Å². The Kier molecular flexibility index (Phi) is 2.26. The van der Waals surface area contributed by atoms with Crippen LogP contribution in [0.15, 0.2) is 24.3 Å². The Morgan fingerprint density at radius 3 is 2.60 bits per heavy atom. The van der Waals surface area contributed by atoms with Crippen molar-refractivity contribution in [2.45, 2.75) is 12.8 Å². The molecule has 2 heteroatoms. The molecule has 0 radical (unpaired) electrons. The zero-order chi connectivity index (χ0) is 7.40. The topological polar surface area (TPSA) is 37.3 Å². The highest BCUT2D eigenvalue weighted by Gasteiger charge is 2.16. The van der Waals surface area contributed by atoms with E-state index in [0.29, 0.717) is 0 Å². The molecule has 0 unspecified atom stereocenters. The lowest BCUT2D eigenvalue weighted by Crippen LogP contribution is -1.84. The molecule has 0 saturated heterocycles. The van der Waals surface area contributed by atoms with E-state index in [0.717, 1.165) is 12.0 Å². The first-order valence-corrected chi connectivity index (χ1v) is 3.37. The first-order chi connectivity index (χ1) is 4.79. The zero-order valence-corrected chi connectivity index (χ0v) is 5.66. The molecule has 0 amide bonds. The van der Waals surface area contributed by atoms with Crippen molar-refractivity contribution in [2.24, 2.45) is 5.92 Å². The van der Waals surface area contributed by atoms with Gasteiger partial charge in [0.25, 0.3) is 0 Å². The lowest BCUT2D eigenvalue weighted by atomic mass is 10.3. The van der Waals surface area contributed by atoms with Crippen molar-refractivity contribution in [3.8, 4) is 0 Å². The van der Waals surface area contributed by atoms with E-state index in [1.165, 1.54) is 12.8 Å². The van der Waals surface area contributed by atoms with Crippen molar-refractivity contribution >= 4 is 5.97 Å². The number of hydrogen-bond acceptors (Lipinski definition) is 1. The van der Waals surface area contributed by atoms with Gasteiger partial charge in [-0.05, 0) is 18.8 Å². The molecular formula is C8H10O2. The Morgan fingerprint density at radius 1 is 1.40 bits per heavy atom. The molecule has 1 saturated carbocycles. The van der Waals surface area contributed by atoms with E-state index in [1.807, 2.05) is 6.08 Å². The third-order valence-electron chi connectivity index (χ3n) is 1.36. The van der Waals surface area contributed by atoms with E-state index >= 15 is 0 Å². The van der Waals surface area contributed by atoms with E-state index in [2.05, 4.69) is 0 Å². The van der Waals surface area contributed by atoms with Crippen LogP contribution in [0.1, 0.15) is 12.8 Å². The summed E-state index contributed by atoms with van der Waals surface area (Å²) in [5.74, 6) is -0.168. The fourth-order valence-electron chi connectivity index (χ4n) is 0.648. The number of aliphatic carboxylic acids is 1. The summed E-state index contributed by atoms with van der Waals surface area (Å²) in [6.07, 6.45) is 9.06. The fourth-order valence-corrected chi connectivity index (χ4v) is 0.648. The van der Waals surface area contributed by atoms with Crippen LogP contribution in [0, 0.1) is 5.92 Å². The summed E-state index contributed by atoms with van der Waals surface area (Å²) >= 11 is 0. The molecule has 0 aromatic carbocycles. The lowest BCUT2D eigenvalue weighted by Gasteiger charge is -1.76. The van der Waals surface area contributed by atoms with Crippen LogP contribution in [0.4, 0.5) is 0 Å². The first-order valence-electron chi connectivity index (χ1n) is 3.37. The number of carboxylic acids is 1. The summed E-state index contributed by atoms with van der Waals surface area (Å²) in [4.78, 5) is 9.94. The van der Waals surface area contributed by atoms with Crippen LogP contribution in [0.2, 0.25) is 0 Å². The van der Waals surface area contributed by atoms with Gasteiger partial charge in [-0.3, -0.25) is 0 Å². The van der Waals surface area contributed by atoms with E-state index in [-0.39, 0.29) is 0 Å². The normalized spacial score (nSPS) is 18.8. The predicted octanol–water partition coefficient (Wildman–Crippen LogP) is 1.59. The molecular weight excluding hydrogens is 128 g/mol. The smallest absolute Gasteiger partial charge is 0.328 e. The van der Waals surface area contributed by atoms with Crippen molar-refractivity contribution < 1.29 is 9.90 Å². The van der Waals surface area contributed by atoms with Crippen LogP contribution in [-0.4, -0.2) is 11.1 Å². The summed E-state index contributed by atoms with van der Waals surface area (Å²) in [6.45, 7) is 0. The number of hydrogen-bond donors (Lipinski definition) is 1. The van der Waals surface area contributed by atoms with Gasteiger partial charge in [-0.25, -0.2) is 4.79 Å². The van der Waals surface area contributed by atoms with Crippen LogP contribution >= 0.6 is 0 Å². The quantitative estimate of drug-likeness (QED) is 0.475. The van der Waals surface area contributed by atoms with Crippen molar-refractivity contribution in [3.05, 3.63) is 24.3 Å². The lowest BCUT2D eigenvalue weighted by molar-refractivity contribution is -0.131. The van der Waals surface area contributed by atoms with Gasteiger partial charge >= 0.3 is 5.97 Å². The molecule has 10 heavy (non-hydrogen) atoms. The molecule has 2 nitrogen and oxygen atoms in total. The van der Waals surface area contributed by atoms with Gasteiger partial charge in [-0.2, -0.15) is 0 Å². The van der Waals surface area contributed by atoms with E-state index in [9.17, 15) is 4.79 Å². The summed E-state index contributed by atoms with van der Waals surface area (Å²) < 4.78 is 0. The number of carbonyl (C=O) groups is 1. The monoisotopic (exact) mass is 138 g/mol. The van der Waals surface area contributed by atoms with Gasteiger partial charge in [0.15, 0.2) is 0 Å². The van der Waals surface area contributed by atoms with Gasteiger partial charge in [0, 0.05) is 6.08 Å². The molecule has 1 fully saturated rings. The molecule has 1 aliphatic carbocycles. The molecule has 1 aliphatic rings. The Bertz CT molecular complexity index is 176. The molecule has 0 atom stereocenters. The highest BCUT2D eigenvalue weighted by molar-refractivity contribution is 5.80. The molecule has 0 aromatic heterocycles. The molecule has 1 N–H and O–H groups in total. The molecule has 0 spiro atoms. The third kappa shape index (κ3) is 3.07. The maximum absolute atomic E-state index is 9.94. The second-order valence-corrected chi connectivity index (χ2v) is 2.42. The maximum Gasteiger partial charge on any atom is 0.328 e. The zero-order valence-electron chi connectivity index (χ0n) is 5.66. The van der Waals surface area contributed by atoms with E-state index in [1.54, 1.807) is 12.2 Å². The Labute approximate surface area is 59.9 Å². The Morgan fingerprint density at radius 2 is 2.10 bits per heavy atom. The third-order valence-corrected chi connectivity index (χ3v) is 1.36. The van der Waals surface area contributed by atoms with Gasteiger partial charge in [0.1, 0.15) is 0 Å². The summed E-state index contributed by atoms with van der Waals surface area (Å²) in [7, 11) is 0. The van der Waals surface area contributed by atoms with E-state index in [4.69, 9.17) is 5.11 Å². The minimum atomic E-state index is -0.888. The van der Waals surface area contributed by atoms with Gasteiger partial charge in [-0.15, -0.1) is 0 Å². The molecule has 0 aliphatic heterocycles.